The fourth-order valence-corrected chi connectivity index (χ4v) is 9.52. The van der Waals surface area contributed by atoms with Crippen LogP contribution in [0, 0.1) is 46.3 Å². The van der Waals surface area contributed by atoms with Gasteiger partial charge in [-0.1, -0.05) is 45.9 Å². The van der Waals surface area contributed by atoms with Crippen LogP contribution in [0.1, 0.15) is 79.1 Å². The van der Waals surface area contributed by atoms with Gasteiger partial charge in [0.25, 0.3) is 0 Å². The van der Waals surface area contributed by atoms with Crippen molar-refractivity contribution < 1.29 is 98.5 Å². The number of aliphatic hydroxyl groups is 1. The van der Waals surface area contributed by atoms with Crippen molar-refractivity contribution in [2.75, 3.05) is 6.61 Å². The first-order chi connectivity index (χ1) is 17.6. The molecular formula is C27H42Na2O9S2. The molecule has 3 fully saturated rings. The summed E-state index contributed by atoms with van der Waals surface area (Å²) in [5.41, 5.74) is 0.451. The zero-order valence-electron chi connectivity index (χ0n) is 24.7. The summed E-state index contributed by atoms with van der Waals surface area (Å²) in [4.78, 5) is 0. The first kappa shape index (κ1) is 37.4. The van der Waals surface area contributed by atoms with Gasteiger partial charge in [-0.3, -0.25) is 8.37 Å². The predicted octanol–water partition coefficient (Wildman–Crippen LogP) is -1.92. The molecule has 0 aromatic heterocycles. The Labute approximate surface area is 284 Å². The summed E-state index contributed by atoms with van der Waals surface area (Å²) in [6.07, 6.45) is 10.4. The topological polar surface area (TPSA) is 153 Å². The SMILES string of the molecule is CC(C)C/C=C/[C@@H](COS(=O)(=O)[O-])[C@H]1CC[C@H]2[C@@H]3CC=C4[C@@H](O)[C@H](OS(=O)(=O)[O-])CC[C@]4(C)[C@H]3CC[C@]12C.[Na+].[Na+]. The van der Waals surface area contributed by atoms with Gasteiger partial charge in [-0.2, -0.15) is 0 Å². The molecule has 1 N–H and O–H groups in total. The van der Waals surface area contributed by atoms with Crippen LogP contribution in [-0.2, 0) is 29.2 Å². The Morgan fingerprint density at radius 2 is 1.70 bits per heavy atom. The normalized spacial score (nSPS) is 38.5. The standard InChI is InChI=1S/C27H44O9S2.2Na/c1-17(2)6-5-7-18(16-35-37(29,30)31)20-10-11-21-19-8-9-23-25(28)24(36-38(32,33)34)13-15-27(23,4)22(19)12-14-26(20,21)3;;/h5,7,9,17-22,24-25,28H,6,8,10-16H2,1-4H3,(H,29,30,31)(H,32,33,34);;/q;2*+1/p-2/b7-5+;;/t18-,19-,20+,21-,22-,24+,25+,26+,27+;;/m0../s1. The monoisotopic (exact) mass is 620 g/mol. The smallest absolute Gasteiger partial charge is 0.726 e. The number of hydrogen-bond donors (Lipinski definition) is 1. The number of aliphatic hydroxyl groups excluding tert-OH is 1. The summed E-state index contributed by atoms with van der Waals surface area (Å²) >= 11 is 0. The van der Waals surface area contributed by atoms with Crippen molar-refractivity contribution in [1.82, 2.24) is 0 Å². The Kier molecular flexibility index (Phi) is 13.2. The van der Waals surface area contributed by atoms with Gasteiger partial charge in [0.05, 0.1) is 6.61 Å². The van der Waals surface area contributed by atoms with E-state index in [1.165, 1.54) is 0 Å². The van der Waals surface area contributed by atoms with Gasteiger partial charge in [0, 0.05) is 5.92 Å². The number of rotatable bonds is 9. The summed E-state index contributed by atoms with van der Waals surface area (Å²) < 4.78 is 76.9. The summed E-state index contributed by atoms with van der Waals surface area (Å²) in [7, 11) is -9.69. The van der Waals surface area contributed by atoms with Crippen molar-refractivity contribution >= 4 is 20.8 Å². The van der Waals surface area contributed by atoms with Crippen LogP contribution >= 0.6 is 0 Å². The minimum Gasteiger partial charge on any atom is -0.726 e. The van der Waals surface area contributed by atoms with Crippen LogP contribution in [0.2, 0.25) is 0 Å². The van der Waals surface area contributed by atoms with E-state index in [4.69, 9.17) is 4.18 Å². The van der Waals surface area contributed by atoms with Crippen molar-refractivity contribution in [3.8, 4) is 0 Å². The molecule has 9 atom stereocenters. The molecule has 0 unspecified atom stereocenters. The molecule has 3 saturated carbocycles. The zero-order chi connectivity index (χ0) is 28.1. The van der Waals surface area contributed by atoms with Crippen molar-refractivity contribution in [2.24, 2.45) is 46.3 Å². The third kappa shape index (κ3) is 8.06. The minimum absolute atomic E-state index is 0. The van der Waals surface area contributed by atoms with Gasteiger partial charge in [0.1, 0.15) is 12.2 Å². The number of hydrogen-bond acceptors (Lipinski definition) is 9. The third-order valence-electron chi connectivity index (χ3n) is 10.4. The van der Waals surface area contributed by atoms with Crippen LogP contribution in [0.25, 0.3) is 0 Å². The molecule has 4 aliphatic rings. The largest absolute Gasteiger partial charge is 1.00 e. The van der Waals surface area contributed by atoms with E-state index < -0.39 is 33.0 Å². The van der Waals surface area contributed by atoms with Gasteiger partial charge >= 0.3 is 59.1 Å². The third-order valence-corrected chi connectivity index (χ3v) is 11.3. The molecule has 0 heterocycles. The summed E-state index contributed by atoms with van der Waals surface area (Å²) in [6.45, 7) is 8.56. The Bertz CT molecular complexity index is 1160. The molecule has 0 amide bonds. The maximum absolute atomic E-state index is 11.3. The Hall–Kier alpha value is 1.18. The second kappa shape index (κ2) is 14.1. The van der Waals surface area contributed by atoms with Gasteiger partial charge in [0.15, 0.2) is 0 Å². The fourth-order valence-electron chi connectivity index (χ4n) is 8.70. The maximum atomic E-state index is 11.3. The zero-order valence-corrected chi connectivity index (χ0v) is 30.4. The van der Waals surface area contributed by atoms with Gasteiger partial charge in [-0.25, -0.2) is 16.8 Å². The van der Waals surface area contributed by atoms with E-state index in [0.717, 1.165) is 44.1 Å². The molecule has 40 heavy (non-hydrogen) atoms. The molecule has 13 heteroatoms. The molecule has 4 aliphatic carbocycles. The molecule has 0 spiro atoms. The fraction of sp³-hybridized carbons (Fsp3) is 0.852. The molecule has 0 bridgehead atoms. The summed E-state index contributed by atoms with van der Waals surface area (Å²) in [5.74, 6) is 1.58. The first-order valence-corrected chi connectivity index (χ1v) is 16.5. The van der Waals surface area contributed by atoms with E-state index in [0.29, 0.717) is 36.5 Å². The Morgan fingerprint density at radius 1 is 1.02 bits per heavy atom. The van der Waals surface area contributed by atoms with Crippen molar-refractivity contribution in [3.05, 3.63) is 23.8 Å². The van der Waals surface area contributed by atoms with Crippen molar-refractivity contribution in [2.45, 2.75) is 91.3 Å². The number of allylic oxidation sites excluding steroid dienone is 2. The first-order valence-electron chi connectivity index (χ1n) is 13.8. The van der Waals surface area contributed by atoms with Crippen LogP contribution < -0.4 is 59.1 Å². The van der Waals surface area contributed by atoms with Crippen molar-refractivity contribution in [1.29, 1.82) is 0 Å². The Morgan fingerprint density at radius 3 is 2.30 bits per heavy atom. The van der Waals surface area contributed by atoms with Gasteiger partial charge < -0.3 is 14.2 Å². The van der Waals surface area contributed by atoms with E-state index in [-0.39, 0.29) is 88.4 Å². The molecule has 0 saturated heterocycles. The molecular weight excluding hydrogens is 578 g/mol. The molecule has 0 radical (unpaired) electrons. The summed E-state index contributed by atoms with van der Waals surface area (Å²) in [5, 5.41) is 11.0. The van der Waals surface area contributed by atoms with E-state index >= 15 is 0 Å². The second-order valence-electron chi connectivity index (χ2n) is 12.9. The molecule has 0 aliphatic heterocycles. The predicted molar refractivity (Wildman–Crippen MR) is 139 cm³/mol. The molecule has 0 aromatic rings. The Balaban J connectivity index is 0.00000280. The summed E-state index contributed by atoms with van der Waals surface area (Å²) in [6, 6.07) is 0. The van der Waals surface area contributed by atoms with E-state index in [2.05, 4.69) is 44.0 Å². The van der Waals surface area contributed by atoms with Gasteiger partial charge in [-0.05, 0) is 97.4 Å². The molecule has 0 aromatic carbocycles. The molecule has 218 valence electrons. The van der Waals surface area contributed by atoms with Crippen LogP contribution in [0.3, 0.4) is 0 Å². The van der Waals surface area contributed by atoms with Crippen LogP contribution in [-0.4, -0.2) is 49.9 Å². The van der Waals surface area contributed by atoms with Crippen LogP contribution in [0.5, 0.6) is 0 Å². The maximum Gasteiger partial charge on any atom is 1.00 e. The number of fused-ring (bicyclic) bond motifs is 5. The van der Waals surface area contributed by atoms with Crippen LogP contribution in [0.15, 0.2) is 23.8 Å². The van der Waals surface area contributed by atoms with E-state index in [1.807, 2.05) is 6.08 Å². The van der Waals surface area contributed by atoms with E-state index in [9.17, 15) is 31.0 Å². The van der Waals surface area contributed by atoms with E-state index in [1.54, 1.807) is 0 Å². The van der Waals surface area contributed by atoms with Gasteiger partial charge in [-0.15, -0.1) is 0 Å². The van der Waals surface area contributed by atoms with Crippen molar-refractivity contribution in [3.63, 3.8) is 0 Å². The van der Waals surface area contributed by atoms with Gasteiger partial charge in [0.2, 0.25) is 20.8 Å². The average Bonchev–Trinajstić information content (AvgIpc) is 3.14. The quantitative estimate of drug-likeness (QED) is 0.135. The minimum atomic E-state index is -4.91. The second-order valence-corrected chi connectivity index (χ2v) is 14.9. The average molecular weight is 621 g/mol. The molecule has 9 nitrogen and oxygen atoms in total. The van der Waals surface area contributed by atoms with Crippen LogP contribution in [0.4, 0.5) is 0 Å². The molecule has 4 rings (SSSR count).